The third-order valence-electron chi connectivity index (χ3n) is 6.25. The summed E-state index contributed by atoms with van der Waals surface area (Å²) in [5.74, 6) is 0.379. The van der Waals surface area contributed by atoms with E-state index in [1.807, 2.05) is 12.1 Å². The molecule has 196 valence electrons. The number of hydrogen-bond acceptors (Lipinski definition) is 2. The van der Waals surface area contributed by atoms with Crippen LogP contribution in [0.1, 0.15) is 56.2 Å². The number of nitrogens with one attached hydrogen (secondary N) is 2. The van der Waals surface area contributed by atoms with Crippen LogP contribution in [0.15, 0.2) is 116 Å². The molecule has 3 aromatic carbocycles. The number of aryl methyl sites for hydroxylation is 2. The second kappa shape index (κ2) is 17.0. The van der Waals surface area contributed by atoms with Crippen LogP contribution in [-0.4, -0.2) is 6.54 Å². The lowest BCUT2D eigenvalue weighted by Crippen LogP contribution is -2.26. The van der Waals surface area contributed by atoms with E-state index in [1.54, 1.807) is 0 Å². The predicted octanol–water partition coefficient (Wildman–Crippen LogP) is 9.00. The summed E-state index contributed by atoms with van der Waals surface area (Å²) in [4.78, 5) is 0. The van der Waals surface area contributed by atoms with Gasteiger partial charge in [0.1, 0.15) is 0 Å². The topological polar surface area (TPSA) is 24.1 Å². The molecule has 3 rings (SSSR count). The summed E-state index contributed by atoms with van der Waals surface area (Å²) < 4.78 is 0. The van der Waals surface area contributed by atoms with Gasteiger partial charge >= 0.3 is 0 Å². The molecule has 0 saturated carbocycles. The second-order valence-corrected chi connectivity index (χ2v) is 9.66. The Kier molecular flexibility index (Phi) is 13.7. The first kappa shape index (κ1) is 29.7. The summed E-state index contributed by atoms with van der Waals surface area (Å²) in [5.41, 5.74) is 8.60. The van der Waals surface area contributed by atoms with Gasteiger partial charge in [0.25, 0.3) is 0 Å². The van der Waals surface area contributed by atoms with Crippen molar-refractivity contribution in [2.24, 2.45) is 5.92 Å². The molecule has 0 radical (unpaired) electrons. The molecule has 0 aromatic heterocycles. The Balaban J connectivity index is 0.00000153. The SMILES string of the molecule is C=CCC(CCCc1ccc(-c2ccccc2)c(C)c1)C(=C)NCC(=C)NCc1ccccc1.CCC. The highest BCUT2D eigenvalue weighted by molar-refractivity contribution is 5.67. The number of hydrogen-bond donors (Lipinski definition) is 2. The third kappa shape index (κ3) is 11.0. The molecule has 3 aromatic rings. The van der Waals surface area contributed by atoms with Crippen molar-refractivity contribution in [2.75, 3.05) is 6.54 Å². The average molecular weight is 495 g/mol. The molecule has 0 aliphatic heterocycles. The van der Waals surface area contributed by atoms with Crippen molar-refractivity contribution in [1.29, 1.82) is 0 Å². The van der Waals surface area contributed by atoms with E-state index < -0.39 is 0 Å². The van der Waals surface area contributed by atoms with E-state index in [9.17, 15) is 0 Å². The van der Waals surface area contributed by atoms with Gasteiger partial charge in [-0.2, -0.15) is 0 Å². The quantitative estimate of drug-likeness (QED) is 0.218. The second-order valence-electron chi connectivity index (χ2n) is 9.66. The predicted molar refractivity (Wildman–Crippen MR) is 163 cm³/mol. The van der Waals surface area contributed by atoms with Gasteiger partial charge in [0.05, 0.1) is 6.54 Å². The molecule has 0 amide bonds. The molecule has 2 heteroatoms. The van der Waals surface area contributed by atoms with Gasteiger partial charge in [-0.05, 0) is 60.4 Å². The van der Waals surface area contributed by atoms with Crippen LogP contribution in [0.25, 0.3) is 11.1 Å². The van der Waals surface area contributed by atoms with E-state index in [2.05, 4.69) is 124 Å². The van der Waals surface area contributed by atoms with Crippen molar-refractivity contribution in [3.05, 3.63) is 133 Å². The molecular formula is C35H46N2. The van der Waals surface area contributed by atoms with Crippen molar-refractivity contribution in [1.82, 2.24) is 10.6 Å². The molecule has 0 saturated heterocycles. The molecule has 2 N–H and O–H groups in total. The van der Waals surface area contributed by atoms with Crippen LogP contribution in [0.4, 0.5) is 0 Å². The van der Waals surface area contributed by atoms with Gasteiger partial charge in [0, 0.05) is 23.9 Å². The van der Waals surface area contributed by atoms with Gasteiger partial charge in [0.2, 0.25) is 0 Å². The smallest absolute Gasteiger partial charge is 0.0538 e. The lowest BCUT2D eigenvalue weighted by Gasteiger charge is -2.21. The van der Waals surface area contributed by atoms with Crippen molar-refractivity contribution in [3.63, 3.8) is 0 Å². The van der Waals surface area contributed by atoms with E-state index in [4.69, 9.17) is 0 Å². The summed E-state index contributed by atoms with van der Waals surface area (Å²) in [6, 6.07) is 27.8. The monoisotopic (exact) mass is 494 g/mol. The number of rotatable bonds is 14. The minimum Gasteiger partial charge on any atom is -0.383 e. The number of allylic oxidation sites excluding steroid dienone is 2. The number of benzene rings is 3. The van der Waals surface area contributed by atoms with Gasteiger partial charge in [-0.3, -0.25) is 0 Å². The van der Waals surface area contributed by atoms with Gasteiger partial charge in [-0.1, -0.05) is 118 Å². The van der Waals surface area contributed by atoms with Crippen molar-refractivity contribution >= 4 is 0 Å². The van der Waals surface area contributed by atoms with Crippen LogP contribution in [0.2, 0.25) is 0 Å². The highest BCUT2D eigenvalue weighted by atomic mass is 15.0. The summed E-state index contributed by atoms with van der Waals surface area (Å²) in [5, 5.41) is 6.88. The Morgan fingerprint density at radius 3 is 2.14 bits per heavy atom. The first-order valence-electron chi connectivity index (χ1n) is 13.6. The summed E-state index contributed by atoms with van der Waals surface area (Å²) in [6.07, 6.45) is 7.46. The van der Waals surface area contributed by atoms with Crippen LogP contribution in [0.3, 0.4) is 0 Å². The van der Waals surface area contributed by atoms with Gasteiger partial charge in [0.15, 0.2) is 0 Å². The van der Waals surface area contributed by atoms with Gasteiger partial charge in [-0.15, -0.1) is 6.58 Å². The van der Waals surface area contributed by atoms with Crippen molar-refractivity contribution in [3.8, 4) is 11.1 Å². The zero-order valence-electron chi connectivity index (χ0n) is 23.2. The van der Waals surface area contributed by atoms with Crippen LogP contribution in [0, 0.1) is 12.8 Å². The van der Waals surface area contributed by atoms with Crippen LogP contribution >= 0.6 is 0 Å². The molecule has 0 aliphatic rings. The maximum Gasteiger partial charge on any atom is 0.0538 e. The molecule has 1 atom stereocenters. The Morgan fingerprint density at radius 1 is 0.865 bits per heavy atom. The minimum atomic E-state index is 0.379. The van der Waals surface area contributed by atoms with E-state index in [-0.39, 0.29) is 0 Å². The maximum absolute atomic E-state index is 4.32. The van der Waals surface area contributed by atoms with Crippen LogP contribution in [0.5, 0.6) is 0 Å². The highest BCUT2D eigenvalue weighted by Crippen LogP contribution is 2.25. The zero-order valence-corrected chi connectivity index (χ0v) is 23.2. The fourth-order valence-electron chi connectivity index (χ4n) is 4.26. The molecule has 37 heavy (non-hydrogen) atoms. The summed E-state index contributed by atoms with van der Waals surface area (Å²) >= 11 is 0. The van der Waals surface area contributed by atoms with E-state index in [0.717, 1.165) is 43.6 Å². The van der Waals surface area contributed by atoms with Gasteiger partial charge < -0.3 is 10.6 Å². The van der Waals surface area contributed by atoms with Gasteiger partial charge in [-0.25, -0.2) is 0 Å². The fourth-order valence-corrected chi connectivity index (χ4v) is 4.26. The normalized spacial score (nSPS) is 11.0. The first-order chi connectivity index (χ1) is 18.0. The maximum atomic E-state index is 4.32. The third-order valence-corrected chi connectivity index (χ3v) is 6.25. The average Bonchev–Trinajstić information content (AvgIpc) is 2.91. The van der Waals surface area contributed by atoms with Crippen molar-refractivity contribution in [2.45, 2.75) is 59.4 Å². The summed E-state index contributed by atoms with van der Waals surface area (Å²) in [6.45, 7) is 20.4. The van der Waals surface area contributed by atoms with Crippen molar-refractivity contribution < 1.29 is 0 Å². The lowest BCUT2D eigenvalue weighted by molar-refractivity contribution is 0.509. The largest absolute Gasteiger partial charge is 0.383 e. The zero-order chi connectivity index (χ0) is 26.9. The van der Waals surface area contributed by atoms with Crippen LogP contribution < -0.4 is 10.6 Å². The van der Waals surface area contributed by atoms with Crippen LogP contribution in [-0.2, 0) is 13.0 Å². The van der Waals surface area contributed by atoms with E-state index in [1.165, 1.54) is 34.2 Å². The molecular weight excluding hydrogens is 448 g/mol. The van der Waals surface area contributed by atoms with E-state index >= 15 is 0 Å². The standard InChI is InChI=1S/C32H38N2.C3H8/c1-5-13-30(27(4)34-23-26(3)33-24-29-14-8-6-9-15-29)19-12-16-28-20-21-32(25(2)22-28)31-17-10-7-11-18-31;1-3-2/h5-11,14-15,17-18,20-22,30,33-34H,1,3-4,12-13,16,19,23-24H2,2H3;3H2,1-2H3. The minimum absolute atomic E-state index is 0.379. The molecule has 0 aliphatic carbocycles. The first-order valence-corrected chi connectivity index (χ1v) is 13.6. The Bertz CT molecular complexity index is 1080. The molecule has 1 unspecified atom stereocenters. The molecule has 0 spiro atoms. The van der Waals surface area contributed by atoms with E-state index in [0.29, 0.717) is 12.5 Å². The Morgan fingerprint density at radius 2 is 1.51 bits per heavy atom. The fraction of sp³-hybridized carbons (Fsp3) is 0.314. The molecule has 0 bridgehead atoms. The lowest BCUT2D eigenvalue weighted by atomic mass is 9.92. The molecule has 0 heterocycles. The molecule has 0 fully saturated rings. The summed E-state index contributed by atoms with van der Waals surface area (Å²) in [7, 11) is 0. The molecule has 2 nitrogen and oxygen atoms in total. The highest BCUT2D eigenvalue weighted by Gasteiger charge is 2.12. The Hall–Kier alpha value is -3.52. The Labute approximate surface area is 226 Å².